The topological polar surface area (TPSA) is 42.5 Å². The van der Waals surface area contributed by atoms with Gasteiger partial charge in [-0.1, -0.05) is 87.2 Å². The summed E-state index contributed by atoms with van der Waals surface area (Å²) >= 11 is 5.30. The van der Waals surface area contributed by atoms with E-state index in [1.165, 1.54) is 60.6 Å². The minimum Gasteiger partial charge on any atom is -0.494 e. The summed E-state index contributed by atoms with van der Waals surface area (Å²) in [5, 5.41) is 11.3. The van der Waals surface area contributed by atoms with Gasteiger partial charge in [0.2, 0.25) is 0 Å². The molecule has 0 radical (unpaired) electrons. The van der Waals surface area contributed by atoms with Gasteiger partial charge in [0.1, 0.15) is 34.7 Å². The van der Waals surface area contributed by atoms with Crippen LogP contribution in [-0.2, 0) is 0 Å². The van der Waals surface area contributed by atoms with Crippen LogP contribution < -0.4 is 36.0 Å². The second-order valence-electron chi connectivity index (χ2n) is 11.8. The molecule has 4 nitrogen and oxygen atoms in total. The molecule has 0 bridgehead atoms. The third kappa shape index (κ3) is 11.7. The van der Waals surface area contributed by atoms with Crippen molar-refractivity contribution in [3.8, 4) is 11.5 Å². The van der Waals surface area contributed by atoms with Crippen molar-refractivity contribution in [1.29, 1.82) is 0 Å². The van der Waals surface area contributed by atoms with E-state index in [0.717, 1.165) is 22.9 Å². The smallest absolute Gasteiger partial charge is 0.175 e. The molecule has 6 heteroatoms. The van der Waals surface area contributed by atoms with Crippen LogP contribution in [0.2, 0.25) is 0 Å². The third-order valence-electron chi connectivity index (χ3n) is 8.28. The van der Waals surface area contributed by atoms with Crippen molar-refractivity contribution in [3.63, 3.8) is 0 Å². The van der Waals surface area contributed by atoms with E-state index < -0.39 is 7.26 Å². The average Bonchev–Trinajstić information content (AvgIpc) is 3.15. The molecule has 5 aromatic carbocycles. The molecule has 2 N–H and O–H groups in total. The zero-order chi connectivity index (χ0) is 34.6. The van der Waals surface area contributed by atoms with Gasteiger partial charge in [-0.15, -0.1) is 0 Å². The van der Waals surface area contributed by atoms with E-state index >= 15 is 0 Å². The van der Waals surface area contributed by atoms with Crippen molar-refractivity contribution in [2.75, 3.05) is 30.0 Å². The summed E-state index contributed by atoms with van der Waals surface area (Å²) in [4.78, 5) is 0. The summed E-state index contributed by atoms with van der Waals surface area (Å²) in [7, 11) is -1.61. The van der Waals surface area contributed by atoms with Crippen LogP contribution in [0.5, 0.6) is 11.5 Å². The fourth-order valence-corrected chi connectivity index (χ4v) is 10.6. The van der Waals surface area contributed by atoms with Gasteiger partial charge in [0.25, 0.3) is 0 Å². The van der Waals surface area contributed by atoms with Gasteiger partial charge in [-0.05, 0) is 124 Å². The first-order chi connectivity index (χ1) is 24.1. The molecule has 0 saturated carbocycles. The third-order valence-corrected chi connectivity index (χ3v) is 13.0. The van der Waals surface area contributed by atoms with E-state index in [4.69, 9.17) is 21.7 Å². The molecule has 0 unspecified atom stereocenters. The highest BCUT2D eigenvalue weighted by atomic mass is 32.1. The number of thiocarbonyl (C=S) groups is 1. The second kappa shape index (κ2) is 21.0. The molecule has 0 aliphatic heterocycles. The summed E-state index contributed by atoms with van der Waals surface area (Å²) in [6.07, 6.45) is 9.34. The highest BCUT2D eigenvalue weighted by Gasteiger charge is 2.44. The van der Waals surface area contributed by atoms with Crippen molar-refractivity contribution in [1.82, 2.24) is 0 Å². The molecule has 0 heterocycles. The van der Waals surface area contributed by atoms with Gasteiger partial charge in [0.15, 0.2) is 5.11 Å². The van der Waals surface area contributed by atoms with E-state index in [9.17, 15) is 0 Å². The number of rotatable bonds is 16. The van der Waals surface area contributed by atoms with Crippen LogP contribution in [0, 0.1) is 0 Å². The Kier molecular flexibility index (Phi) is 16.1. The molecule has 5 aromatic rings. The molecule has 0 aromatic heterocycles. The fourth-order valence-electron chi connectivity index (χ4n) is 5.91. The van der Waals surface area contributed by atoms with Gasteiger partial charge in [0.05, 0.1) is 19.4 Å². The Morgan fingerprint density at radius 1 is 0.490 bits per heavy atom. The summed E-state index contributed by atoms with van der Waals surface area (Å²) < 4.78 is 10.8. The number of unbranched alkanes of at least 4 members (excludes halogenated alkanes) is 5. The molecule has 0 fully saturated rings. The standard InChI is InChI=1S/C26H32P.C17H20N2O2S/c1-2-3-4-5-6-16-23-27(24-17-10-7-11-18-24,25-19-12-8-13-20-25)26-21-14-9-15-22-26;1-3-20-15-9-5-13(6-10-15)18-17(22)19-14-7-11-16(12-8-14)21-4-2/h7-15,17-22H,2-6,16,23H2,1H3;5-12H,3-4H2,1-2H3,(H2,18,19,22)/q+1;. The minimum atomic E-state index is -1.61. The lowest BCUT2D eigenvalue weighted by atomic mass is 10.1. The molecule has 0 saturated heterocycles. The Bertz CT molecular complexity index is 1470. The minimum absolute atomic E-state index is 0.535. The van der Waals surface area contributed by atoms with Crippen molar-refractivity contribution < 1.29 is 9.47 Å². The maximum atomic E-state index is 5.40. The van der Waals surface area contributed by atoms with Crippen molar-refractivity contribution >= 4 is 51.9 Å². The monoisotopic (exact) mass is 691 g/mol. The number of benzene rings is 5. The van der Waals surface area contributed by atoms with Crippen LogP contribution in [0.4, 0.5) is 11.4 Å². The van der Waals surface area contributed by atoms with Gasteiger partial charge < -0.3 is 20.1 Å². The van der Waals surface area contributed by atoms with E-state index in [0.29, 0.717) is 18.3 Å². The average molecular weight is 692 g/mol. The first-order valence-electron chi connectivity index (χ1n) is 17.7. The zero-order valence-corrected chi connectivity index (χ0v) is 31.0. The lowest BCUT2D eigenvalue weighted by Gasteiger charge is -2.27. The molecule has 0 aliphatic rings. The quantitative estimate of drug-likeness (QED) is 0.0613. The molecule has 0 aliphatic carbocycles. The number of hydrogen-bond acceptors (Lipinski definition) is 3. The largest absolute Gasteiger partial charge is 0.494 e. The van der Waals surface area contributed by atoms with Crippen LogP contribution in [0.15, 0.2) is 140 Å². The molecular formula is C43H52N2O2PS+. The van der Waals surface area contributed by atoms with Gasteiger partial charge in [-0.2, -0.15) is 0 Å². The molecule has 0 amide bonds. The summed E-state index contributed by atoms with van der Waals surface area (Å²) in [5.41, 5.74) is 1.82. The number of ether oxygens (including phenoxy) is 2. The predicted octanol–water partition coefficient (Wildman–Crippen LogP) is 10.6. The number of hydrogen-bond donors (Lipinski definition) is 2. The summed E-state index contributed by atoms with van der Waals surface area (Å²) in [6.45, 7) is 7.52. The Morgan fingerprint density at radius 2 is 0.857 bits per heavy atom. The number of anilines is 2. The molecule has 256 valence electrons. The Balaban J connectivity index is 0.000000226. The predicted molar refractivity (Wildman–Crippen MR) is 218 cm³/mol. The van der Waals surface area contributed by atoms with Crippen molar-refractivity contribution in [2.45, 2.75) is 59.3 Å². The number of nitrogens with one attached hydrogen (secondary N) is 2. The first-order valence-corrected chi connectivity index (χ1v) is 20.1. The van der Waals surface area contributed by atoms with E-state index in [2.05, 4.69) is 109 Å². The van der Waals surface area contributed by atoms with E-state index in [1.807, 2.05) is 62.4 Å². The van der Waals surface area contributed by atoms with Gasteiger partial charge in [-0.25, -0.2) is 0 Å². The molecule has 0 spiro atoms. The molecule has 0 atom stereocenters. The van der Waals surface area contributed by atoms with Crippen LogP contribution in [0.25, 0.3) is 0 Å². The highest BCUT2D eigenvalue weighted by Crippen LogP contribution is 2.56. The normalized spacial score (nSPS) is 10.8. The molecule has 5 rings (SSSR count). The van der Waals surface area contributed by atoms with E-state index in [-0.39, 0.29) is 0 Å². The SMILES string of the molecule is CCCCCCCC[P+](c1ccccc1)(c1ccccc1)c1ccccc1.CCOc1ccc(NC(=S)Nc2ccc(OCC)cc2)cc1. The zero-order valence-electron chi connectivity index (χ0n) is 29.3. The van der Waals surface area contributed by atoms with Crippen molar-refractivity contribution in [2.24, 2.45) is 0 Å². The Labute approximate surface area is 300 Å². The van der Waals surface area contributed by atoms with Crippen LogP contribution in [-0.4, -0.2) is 24.5 Å². The van der Waals surface area contributed by atoms with Crippen molar-refractivity contribution in [3.05, 3.63) is 140 Å². The second-order valence-corrected chi connectivity index (χ2v) is 15.8. The fraction of sp³-hybridized carbons (Fsp3) is 0.279. The molecule has 49 heavy (non-hydrogen) atoms. The summed E-state index contributed by atoms with van der Waals surface area (Å²) in [5.74, 6) is 1.69. The Hall–Kier alpha value is -4.18. The van der Waals surface area contributed by atoms with Crippen LogP contribution in [0.1, 0.15) is 59.3 Å². The van der Waals surface area contributed by atoms with Crippen LogP contribution in [0.3, 0.4) is 0 Å². The maximum Gasteiger partial charge on any atom is 0.175 e. The Morgan fingerprint density at radius 3 is 1.22 bits per heavy atom. The maximum absolute atomic E-state index is 5.40. The highest BCUT2D eigenvalue weighted by molar-refractivity contribution is 7.95. The van der Waals surface area contributed by atoms with Gasteiger partial charge >= 0.3 is 0 Å². The summed E-state index contributed by atoms with van der Waals surface area (Å²) in [6, 6.07) is 49.1. The first kappa shape index (κ1) is 37.6. The lowest BCUT2D eigenvalue weighted by molar-refractivity contribution is 0.340. The van der Waals surface area contributed by atoms with Gasteiger partial charge in [0, 0.05) is 11.4 Å². The van der Waals surface area contributed by atoms with Crippen LogP contribution >= 0.6 is 19.5 Å². The lowest BCUT2D eigenvalue weighted by Crippen LogP contribution is -2.33. The molecular weight excluding hydrogens is 640 g/mol. The van der Waals surface area contributed by atoms with Gasteiger partial charge in [-0.3, -0.25) is 0 Å². The van der Waals surface area contributed by atoms with E-state index in [1.54, 1.807) is 0 Å².